The third kappa shape index (κ3) is 2.85. The molecule has 0 spiro atoms. The maximum Gasteiger partial charge on any atom is 0.129 e. The molecule has 0 saturated carbocycles. The minimum atomic E-state index is -1.52. The van der Waals surface area contributed by atoms with Gasteiger partial charge in [0.15, 0.2) is 0 Å². The third-order valence-corrected chi connectivity index (χ3v) is 3.46. The standard InChI is InChI=1S/C16H15F3O/c1-2-16(20,13-5-3-4-6-14(13)18)10-11-7-8-12(17)9-15(11)19/h3-9,20H,2,10H2,1H3. The van der Waals surface area contributed by atoms with Gasteiger partial charge in [0.2, 0.25) is 0 Å². The molecule has 0 fully saturated rings. The Morgan fingerprint density at radius 3 is 2.30 bits per heavy atom. The highest BCUT2D eigenvalue weighted by molar-refractivity contribution is 5.29. The number of hydrogen-bond acceptors (Lipinski definition) is 1. The fourth-order valence-electron chi connectivity index (χ4n) is 2.23. The second-order valence-corrected chi connectivity index (χ2v) is 4.78. The number of benzene rings is 2. The zero-order valence-corrected chi connectivity index (χ0v) is 11.0. The summed E-state index contributed by atoms with van der Waals surface area (Å²) in [6.07, 6.45) is 0.0985. The van der Waals surface area contributed by atoms with Gasteiger partial charge >= 0.3 is 0 Å². The van der Waals surface area contributed by atoms with E-state index in [4.69, 9.17) is 0 Å². The van der Waals surface area contributed by atoms with E-state index in [0.29, 0.717) is 0 Å². The zero-order valence-electron chi connectivity index (χ0n) is 11.0. The average molecular weight is 280 g/mol. The van der Waals surface area contributed by atoms with Crippen LogP contribution < -0.4 is 0 Å². The highest BCUT2D eigenvalue weighted by atomic mass is 19.1. The van der Waals surface area contributed by atoms with Crippen molar-refractivity contribution in [1.82, 2.24) is 0 Å². The summed E-state index contributed by atoms with van der Waals surface area (Å²) < 4.78 is 40.4. The molecule has 2 aromatic carbocycles. The fraction of sp³-hybridized carbons (Fsp3) is 0.250. The second-order valence-electron chi connectivity index (χ2n) is 4.78. The van der Waals surface area contributed by atoms with E-state index in [-0.39, 0.29) is 24.0 Å². The van der Waals surface area contributed by atoms with Crippen LogP contribution in [0.2, 0.25) is 0 Å². The van der Waals surface area contributed by atoms with Gasteiger partial charge in [-0.25, -0.2) is 13.2 Å². The van der Waals surface area contributed by atoms with E-state index < -0.39 is 23.1 Å². The molecule has 2 rings (SSSR count). The molecule has 1 nitrogen and oxygen atoms in total. The normalized spacial score (nSPS) is 14.1. The van der Waals surface area contributed by atoms with Gasteiger partial charge in [-0.15, -0.1) is 0 Å². The molecule has 0 radical (unpaired) electrons. The van der Waals surface area contributed by atoms with Crippen LogP contribution in [0.4, 0.5) is 13.2 Å². The predicted octanol–water partition coefficient (Wildman–Crippen LogP) is 3.94. The van der Waals surface area contributed by atoms with Crippen molar-refractivity contribution in [2.75, 3.05) is 0 Å². The van der Waals surface area contributed by atoms with Crippen LogP contribution >= 0.6 is 0 Å². The van der Waals surface area contributed by atoms with Gasteiger partial charge in [-0.1, -0.05) is 31.2 Å². The SMILES string of the molecule is CCC(O)(Cc1ccc(F)cc1F)c1ccccc1F. The second kappa shape index (κ2) is 5.67. The molecule has 2 aromatic rings. The summed E-state index contributed by atoms with van der Waals surface area (Å²) in [6.45, 7) is 1.69. The van der Waals surface area contributed by atoms with Crippen molar-refractivity contribution in [2.24, 2.45) is 0 Å². The average Bonchev–Trinajstić information content (AvgIpc) is 2.42. The summed E-state index contributed by atoms with van der Waals surface area (Å²) in [5, 5.41) is 10.6. The van der Waals surface area contributed by atoms with Crippen LogP contribution in [0.1, 0.15) is 24.5 Å². The lowest BCUT2D eigenvalue weighted by molar-refractivity contribution is 0.0283. The highest BCUT2D eigenvalue weighted by Crippen LogP contribution is 2.31. The van der Waals surface area contributed by atoms with E-state index in [2.05, 4.69) is 0 Å². The Labute approximate surface area is 115 Å². The van der Waals surface area contributed by atoms with Gasteiger partial charge in [0.05, 0.1) is 5.60 Å². The largest absolute Gasteiger partial charge is 0.385 e. The van der Waals surface area contributed by atoms with Crippen LogP contribution in [-0.2, 0) is 12.0 Å². The lowest BCUT2D eigenvalue weighted by Crippen LogP contribution is -2.29. The van der Waals surface area contributed by atoms with Gasteiger partial charge < -0.3 is 5.11 Å². The monoisotopic (exact) mass is 280 g/mol. The molecule has 0 aliphatic carbocycles. The summed E-state index contributed by atoms with van der Waals surface area (Å²) in [5.41, 5.74) is -1.26. The van der Waals surface area contributed by atoms with Crippen LogP contribution in [0.15, 0.2) is 42.5 Å². The van der Waals surface area contributed by atoms with Gasteiger partial charge in [0, 0.05) is 18.1 Å². The molecule has 0 aliphatic rings. The minimum Gasteiger partial charge on any atom is -0.385 e. The molecular formula is C16H15F3O. The number of halogens is 3. The van der Waals surface area contributed by atoms with Crippen LogP contribution in [0.5, 0.6) is 0 Å². The Morgan fingerprint density at radius 1 is 1.00 bits per heavy atom. The van der Waals surface area contributed by atoms with Crippen LogP contribution in [0, 0.1) is 17.5 Å². The molecule has 106 valence electrons. The molecule has 0 heterocycles. The van der Waals surface area contributed by atoms with E-state index in [0.717, 1.165) is 12.1 Å². The molecule has 20 heavy (non-hydrogen) atoms. The molecule has 0 saturated heterocycles. The van der Waals surface area contributed by atoms with Crippen molar-refractivity contribution in [3.8, 4) is 0 Å². The minimum absolute atomic E-state index is 0.115. The Morgan fingerprint density at radius 2 is 1.70 bits per heavy atom. The topological polar surface area (TPSA) is 20.2 Å². The molecule has 0 aromatic heterocycles. The van der Waals surface area contributed by atoms with Gasteiger partial charge in [0.1, 0.15) is 17.5 Å². The van der Waals surface area contributed by atoms with Gasteiger partial charge in [-0.05, 0) is 24.1 Å². The van der Waals surface area contributed by atoms with E-state index in [1.54, 1.807) is 13.0 Å². The summed E-state index contributed by atoms with van der Waals surface area (Å²) in [7, 11) is 0. The van der Waals surface area contributed by atoms with Crippen LogP contribution in [0.25, 0.3) is 0 Å². The molecule has 0 aliphatic heterocycles. The lowest BCUT2D eigenvalue weighted by atomic mass is 9.84. The molecule has 0 bridgehead atoms. The third-order valence-electron chi connectivity index (χ3n) is 3.46. The Hall–Kier alpha value is -1.81. The van der Waals surface area contributed by atoms with Gasteiger partial charge in [-0.3, -0.25) is 0 Å². The van der Waals surface area contributed by atoms with E-state index in [1.165, 1.54) is 24.3 Å². The molecular weight excluding hydrogens is 265 g/mol. The first-order valence-electron chi connectivity index (χ1n) is 6.37. The predicted molar refractivity (Wildman–Crippen MR) is 70.6 cm³/mol. The summed E-state index contributed by atoms with van der Waals surface area (Å²) in [5.74, 6) is -1.97. The highest BCUT2D eigenvalue weighted by Gasteiger charge is 2.31. The molecule has 1 atom stereocenters. The lowest BCUT2D eigenvalue weighted by Gasteiger charge is -2.28. The number of aliphatic hydroxyl groups is 1. The van der Waals surface area contributed by atoms with E-state index >= 15 is 0 Å². The maximum absolute atomic E-state index is 13.8. The zero-order chi connectivity index (χ0) is 14.8. The molecule has 1 unspecified atom stereocenters. The molecule has 1 N–H and O–H groups in total. The van der Waals surface area contributed by atoms with Crippen molar-refractivity contribution in [2.45, 2.75) is 25.4 Å². The smallest absolute Gasteiger partial charge is 0.129 e. The Balaban J connectivity index is 2.39. The van der Waals surface area contributed by atoms with Crippen molar-refractivity contribution >= 4 is 0 Å². The van der Waals surface area contributed by atoms with Crippen LogP contribution in [0.3, 0.4) is 0 Å². The van der Waals surface area contributed by atoms with Gasteiger partial charge in [0.25, 0.3) is 0 Å². The quantitative estimate of drug-likeness (QED) is 0.899. The Bertz CT molecular complexity index is 612. The first-order valence-corrected chi connectivity index (χ1v) is 6.37. The first-order chi connectivity index (χ1) is 9.46. The van der Waals surface area contributed by atoms with Gasteiger partial charge in [-0.2, -0.15) is 0 Å². The summed E-state index contributed by atoms with van der Waals surface area (Å²) >= 11 is 0. The summed E-state index contributed by atoms with van der Waals surface area (Å²) in [4.78, 5) is 0. The first kappa shape index (κ1) is 14.6. The van der Waals surface area contributed by atoms with E-state index in [9.17, 15) is 18.3 Å². The number of rotatable bonds is 4. The summed E-state index contributed by atoms with van der Waals surface area (Å²) in [6, 6.07) is 9.00. The van der Waals surface area contributed by atoms with E-state index in [1.807, 2.05) is 0 Å². The van der Waals surface area contributed by atoms with Crippen molar-refractivity contribution < 1.29 is 18.3 Å². The van der Waals surface area contributed by atoms with Crippen LogP contribution in [-0.4, -0.2) is 5.11 Å². The van der Waals surface area contributed by atoms with Crippen molar-refractivity contribution in [3.63, 3.8) is 0 Å². The van der Waals surface area contributed by atoms with Crippen molar-refractivity contribution in [1.29, 1.82) is 0 Å². The Kier molecular flexibility index (Phi) is 4.14. The fourth-order valence-corrected chi connectivity index (χ4v) is 2.23. The maximum atomic E-state index is 13.8. The molecule has 0 amide bonds. The number of hydrogen-bond donors (Lipinski definition) is 1. The molecule has 4 heteroatoms. The van der Waals surface area contributed by atoms with Crippen molar-refractivity contribution in [3.05, 3.63) is 71.0 Å².